The number of halogens is 1. The van der Waals surface area contributed by atoms with E-state index in [0.717, 1.165) is 24.0 Å². The van der Waals surface area contributed by atoms with Gasteiger partial charge in [-0.1, -0.05) is 35.9 Å². The molecule has 1 saturated carbocycles. The monoisotopic (exact) mass is 315 g/mol. The molecule has 1 amide bonds. The number of amides is 1. The molecule has 0 unspecified atom stereocenters. The van der Waals surface area contributed by atoms with E-state index in [-0.39, 0.29) is 17.6 Å². The Balaban J connectivity index is 1.88. The molecule has 2 N–H and O–H groups in total. The molecular weight excluding hydrogens is 298 g/mol. The quantitative estimate of drug-likeness (QED) is 0.880. The third kappa shape index (κ3) is 3.80. The van der Waals surface area contributed by atoms with E-state index in [1.165, 1.54) is 0 Å². The predicted octanol–water partition coefficient (Wildman–Crippen LogP) is 3.85. The van der Waals surface area contributed by atoms with E-state index in [1.807, 2.05) is 30.3 Å². The lowest BCUT2D eigenvalue weighted by Crippen LogP contribution is -2.27. The molecule has 3 nitrogen and oxygen atoms in total. The summed E-state index contributed by atoms with van der Waals surface area (Å²) in [6, 6.07) is 14.9. The summed E-state index contributed by atoms with van der Waals surface area (Å²) in [5, 5.41) is 13.4. The van der Waals surface area contributed by atoms with Crippen molar-refractivity contribution in [3.8, 4) is 5.75 Å². The molecule has 4 heteroatoms. The molecule has 0 aliphatic heterocycles. The van der Waals surface area contributed by atoms with Crippen LogP contribution in [-0.4, -0.2) is 17.1 Å². The van der Waals surface area contributed by atoms with Crippen LogP contribution in [0.4, 0.5) is 0 Å². The van der Waals surface area contributed by atoms with Crippen molar-refractivity contribution in [1.82, 2.24) is 5.32 Å². The van der Waals surface area contributed by atoms with E-state index < -0.39 is 0 Å². The molecule has 0 heterocycles. The number of carbonyl (C=O) groups is 1. The number of benzene rings is 2. The average molecular weight is 316 g/mol. The van der Waals surface area contributed by atoms with Crippen molar-refractivity contribution >= 4 is 17.5 Å². The Labute approximate surface area is 134 Å². The standard InChI is InChI=1S/C18H18ClNO2/c19-14-5-1-3-12(9-14)17(11-18(22)20-15-7-8-15)13-4-2-6-16(21)10-13/h1-6,9-10,15,17,21H,7-8,11H2,(H,20,22)/t17-/m0/s1. The first-order valence-electron chi connectivity index (χ1n) is 7.45. The van der Waals surface area contributed by atoms with Crippen LogP contribution < -0.4 is 5.32 Å². The maximum absolute atomic E-state index is 12.2. The fourth-order valence-corrected chi connectivity index (χ4v) is 2.79. The molecule has 1 atom stereocenters. The van der Waals surface area contributed by atoms with Crippen molar-refractivity contribution < 1.29 is 9.90 Å². The highest BCUT2D eigenvalue weighted by Crippen LogP contribution is 2.31. The van der Waals surface area contributed by atoms with Crippen LogP contribution in [0.3, 0.4) is 0 Å². The Morgan fingerprint density at radius 2 is 1.86 bits per heavy atom. The van der Waals surface area contributed by atoms with Crippen LogP contribution >= 0.6 is 11.6 Å². The van der Waals surface area contributed by atoms with E-state index >= 15 is 0 Å². The largest absolute Gasteiger partial charge is 0.508 e. The van der Waals surface area contributed by atoms with Gasteiger partial charge in [-0.05, 0) is 48.2 Å². The van der Waals surface area contributed by atoms with E-state index in [9.17, 15) is 9.90 Å². The maximum Gasteiger partial charge on any atom is 0.221 e. The molecule has 1 fully saturated rings. The molecule has 2 aromatic carbocycles. The molecule has 0 radical (unpaired) electrons. The van der Waals surface area contributed by atoms with Gasteiger partial charge < -0.3 is 10.4 Å². The van der Waals surface area contributed by atoms with Gasteiger partial charge in [0.25, 0.3) is 0 Å². The number of rotatable bonds is 5. The third-order valence-corrected chi connectivity index (χ3v) is 4.09. The van der Waals surface area contributed by atoms with Crippen LogP contribution in [0.2, 0.25) is 5.02 Å². The number of nitrogens with one attached hydrogen (secondary N) is 1. The fourth-order valence-electron chi connectivity index (χ4n) is 2.59. The van der Waals surface area contributed by atoms with Crippen LogP contribution in [-0.2, 0) is 4.79 Å². The van der Waals surface area contributed by atoms with Gasteiger partial charge in [-0.15, -0.1) is 0 Å². The number of phenolic OH excluding ortho intramolecular Hbond substituents is 1. The Bertz CT molecular complexity index is 637. The summed E-state index contributed by atoms with van der Waals surface area (Å²) < 4.78 is 0. The van der Waals surface area contributed by atoms with Gasteiger partial charge in [-0.25, -0.2) is 0 Å². The Morgan fingerprint density at radius 1 is 1.18 bits per heavy atom. The molecule has 0 saturated heterocycles. The van der Waals surface area contributed by atoms with Crippen LogP contribution in [0, 0.1) is 0 Å². The number of hydrogen-bond donors (Lipinski definition) is 2. The van der Waals surface area contributed by atoms with Crippen molar-refractivity contribution in [3.05, 3.63) is 64.7 Å². The first-order chi connectivity index (χ1) is 10.6. The maximum atomic E-state index is 12.2. The summed E-state index contributed by atoms with van der Waals surface area (Å²) in [6.45, 7) is 0. The van der Waals surface area contributed by atoms with E-state index in [1.54, 1.807) is 18.2 Å². The van der Waals surface area contributed by atoms with Crippen molar-refractivity contribution in [3.63, 3.8) is 0 Å². The molecule has 2 aromatic rings. The second kappa shape index (κ2) is 6.41. The lowest BCUT2D eigenvalue weighted by atomic mass is 9.88. The van der Waals surface area contributed by atoms with Gasteiger partial charge in [0.15, 0.2) is 0 Å². The summed E-state index contributed by atoms with van der Waals surface area (Å²) in [6.07, 6.45) is 2.49. The zero-order valence-corrected chi connectivity index (χ0v) is 12.9. The van der Waals surface area contributed by atoms with Crippen molar-refractivity contribution in [2.45, 2.75) is 31.2 Å². The number of phenols is 1. The van der Waals surface area contributed by atoms with E-state index in [4.69, 9.17) is 11.6 Å². The van der Waals surface area contributed by atoms with Gasteiger partial charge >= 0.3 is 0 Å². The van der Waals surface area contributed by atoms with Crippen molar-refractivity contribution in [1.29, 1.82) is 0 Å². The average Bonchev–Trinajstić information content (AvgIpc) is 3.28. The molecule has 3 rings (SSSR count). The Hall–Kier alpha value is -2.00. The number of aromatic hydroxyl groups is 1. The van der Waals surface area contributed by atoms with Crippen LogP contribution in [0.5, 0.6) is 5.75 Å². The van der Waals surface area contributed by atoms with Gasteiger partial charge in [0.05, 0.1) is 0 Å². The van der Waals surface area contributed by atoms with Gasteiger partial charge in [0, 0.05) is 23.4 Å². The van der Waals surface area contributed by atoms with Crippen molar-refractivity contribution in [2.75, 3.05) is 0 Å². The second-order valence-corrected chi connectivity index (χ2v) is 6.18. The topological polar surface area (TPSA) is 49.3 Å². The van der Waals surface area contributed by atoms with Crippen molar-refractivity contribution in [2.24, 2.45) is 0 Å². The minimum atomic E-state index is -0.121. The molecular formula is C18H18ClNO2. The highest BCUT2D eigenvalue weighted by atomic mass is 35.5. The SMILES string of the molecule is O=C(C[C@H](c1cccc(O)c1)c1cccc(Cl)c1)NC1CC1. The normalized spacial score (nSPS) is 15.3. The molecule has 1 aliphatic carbocycles. The molecule has 0 aromatic heterocycles. The molecule has 114 valence electrons. The number of carbonyl (C=O) groups excluding carboxylic acids is 1. The zero-order chi connectivity index (χ0) is 15.5. The second-order valence-electron chi connectivity index (χ2n) is 5.75. The van der Waals surface area contributed by atoms with Crippen LogP contribution in [0.15, 0.2) is 48.5 Å². The third-order valence-electron chi connectivity index (χ3n) is 3.86. The summed E-state index contributed by atoms with van der Waals surface area (Å²) in [7, 11) is 0. The minimum Gasteiger partial charge on any atom is -0.508 e. The van der Waals surface area contributed by atoms with Gasteiger partial charge in [-0.2, -0.15) is 0 Å². The summed E-state index contributed by atoms with van der Waals surface area (Å²) >= 11 is 6.09. The highest BCUT2D eigenvalue weighted by molar-refractivity contribution is 6.30. The zero-order valence-electron chi connectivity index (χ0n) is 12.1. The van der Waals surface area contributed by atoms with Gasteiger partial charge in [-0.3, -0.25) is 4.79 Å². The smallest absolute Gasteiger partial charge is 0.221 e. The van der Waals surface area contributed by atoms with Crippen LogP contribution in [0.25, 0.3) is 0 Å². The first kappa shape index (κ1) is 14.9. The first-order valence-corrected chi connectivity index (χ1v) is 7.83. The summed E-state index contributed by atoms with van der Waals surface area (Å²) in [5.41, 5.74) is 1.89. The molecule has 22 heavy (non-hydrogen) atoms. The lowest BCUT2D eigenvalue weighted by Gasteiger charge is -2.18. The fraction of sp³-hybridized carbons (Fsp3) is 0.278. The molecule has 1 aliphatic rings. The Morgan fingerprint density at radius 3 is 2.50 bits per heavy atom. The van der Waals surface area contributed by atoms with Gasteiger partial charge in [0.2, 0.25) is 5.91 Å². The van der Waals surface area contributed by atoms with Crippen LogP contribution in [0.1, 0.15) is 36.3 Å². The lowest BCUT2D eigenvalue weighted by molar-refractivity contribution is -0.121. The Kier molecular flexibility index (Phi) is 4.34. The predicted molar refractivity (Wildman–Crippen MR) is 87.2 cm³/mol. The van der Waals surface area contributed by atoms with Gasteiger partial charge in [0.1, 0.15) is 5.75 Å². The summed E-state index contributed by atoms with van der Waals surface area (Å²) in [4.78, 5) is 12.2. The highest BCUT2D eigenvalue weighted by Gasteiger charge is 2.25. The minimum absolute atomic E-state index is 0.0378. The van der Waals surface area contributed by atoms with E-state index in [2.05, 4.69) is 5.32 Å². The van der Waals surface area contributed by atoms with E-state index in [0.29, 0.717) is 17.5 Å². The summed E-state index contributed by atoms with van der Waals surface area (Å²) in [5.74, 6) is 0.118. The molecule has 0 spiro atoms. The number of hydrogen-bond acceptors (Lipinski definition) is 2. The molecule has 0 bridgehead atoms.